The molecule has 0 radical (unpaired) electrons. The van der Waals surface area contributed by atoms with E-state index in [0.29, 0.717) is 17.2 Å². The second-order valence-corrected chi connectivity index (χ2v) is 8.89. The monoisotopic (exact) mass is 480 g/mol. The average molecular weight is 481 g/mol. The zero-order valence-electron chi connectivity index (χ0n) is 19.9. The summed E-state index contributed by atoms with van der Waals surface area (Å²) < 4.78 is 0. The highest BCUT2D eigenvalue weighted by atomic mass is 32.1. The molecule has 0 bridgehead atoms. The molecule has 0 aliphatic rings. The largest absolute Gasteiger partial charge is 0.392 e. The predicted molar refractivity (Wildman–Crippen MR) is 146 cm³/mol. The van der Waals surface area contributed by atoms with E-state index >= 15 is 0 Å². The molecule has 35 heavy (non-hydrogen) atoms. The Morgan fingerprint density at radius 3 is 2.14 bits per heavy atom. The molecule has 1 amide bonds. The van der Waals surface area contributed by atoms with Gasteiger partial charge < -0.3 is 10.0 Å². The number of benzene rings is 4. The highest BCUT2D eigenvalue weighted by Gasteiger charge is 2.19. The standard InChI is InChI=1S/C30H28N2O2S/c1-21-12-13-22(2)28(18-21)32(19-26-10-6-7-11-27(26)20-33)30(35)31-29(34)25-16-14-24(15-17-25)23-8-4-3-5-9-23/h3-18,33H,19-20H2,1-2H3,(H,31,34,35). The Balaban J connectivity index is 1.59. The molecule has 0 saturated carbocycles. The number of rotatable bonds is 6. The molecule has 4 aromatic carbocycles. The number of hydrogen-bond acceptors (Lipinski definition) is 3. The summed E-state index contributed by atoms with van der Waals surface area (Å²) >= 11 is 5.75. The Labute approximate surface area is 211 Å². The van der Waals surface area contributed by atoms with Crippen molar-refractivity contribution >= 4 is 28.9 Å². The fourth-order valence-corrected chi connectivity index (χ4v) is 4.25. The van der Waals surface area contributed by atoms with Gasteiger partial charge in [0.15, 0.2) is 5.11 Å². The number of aliphatic hydroxyl groups excluding tert-OH is 1. The molecule has 176 valence electrons. The van der Waals surface area contributed by atoms with Gasteiger partial charge in [0.1, 0.15) is 0 Å². The highest BCUT2D eigenvalue weighted by molar-refractivity contribution is 7.80. The van der Waals surface area contributed by atoms with Crippen molar-refractivity contribution in [3.63, 3.8) is 0 Å². The normalized spacial score (nSPS) is 10.6. The van der Waals surface area contributed by atoms with Gasteiger partial charge in [-0.1, -0.05) is 78.9 Å². The molecule has 0 aromatic heterocycles. The van der Waals surface area contributed by atoms with E-state index in [9.17, 15) is 9.90 Å². The van der Waals surface area contributed by atoms with E-state index in [1.807, 2.05) is 104 Å². The molecule has 0 aliphatic carbocycles. The summed E-state index contributed by atoms with van der Waals surface area (Å²) in [7, 11) is 0. The van der Waals surface area contributed by atoms with Crippen molar-refractivity contribution in [1.29, 1.82) is 0 Å². The molecule has 4 aromatic rings. The van der Waals surface area contributed by atoms with Gasteiger partial charge in [-0.3, -0.25) is 10.1 Å². The molecule has 0 fully saturated rings. The van der Waals surface area contributed by atoms with E-state index in [0.717, 1.165) is 39.1 Å². The lowest BCUT2D eigenvalue weighted by Crippen LogP contribution is -2.43. The molecule has 0 heterocycles. The Morgan fingerprint density at radius 1 is 0.829 bits per heavy atom. The van der Waals surface area contributed by atoms with Crippen LogP contribution in [0.4, 0.5) is 5.69 Å². The molecule has 0 atom stereocenters. The van der Waals surface area contributed by atoms with Gasteiger partial charge in [-0.2, -0.15) is 0 Å². The van der Waals surface area contributed by atoms with E-state index in [-0.39, 0.29) is 12.5 Å². The second-order valence-electron chi connectivity index (χ2n) is 8.51. The maximum Gasteiger partial charge on any atom is 0.257 e. The van der Waals surface area contributed by atoms with E-state index < -0.39 is 0 Å². The van der Waals surface area contributed by atoms with Crippen molar-refractivity contribution < 1.29 is 9.90 Å². The van der Waals surface area contributed by atoms with Crippen LogP contribution in [0.1, 0.15) is 32.6 Å². The number of aryl methyl sites for hydroxylation is 2. The zero-order chi connectivity index (χ0) is 24.8. The Morgan fingerprint density at radius 2 is 1.46 bits per heavy atom. The third-order valence-corrected chi connectivity index (χ3v) is 6.31. The summed E-state index contributed by atoms with van der Waals surface area (Å²) in [5, 5.41) is 13.0. The minimum absolute atomic E-state index is 0.0658. The smallest absolute Gasteiger partial charge is 0.257 e. The SMILES string of the molecule is Cc1ccc(C)c(N(Cc2ccccc2CO)C(=S)NC(=O)c2ccc(-c3ccccc3)cc2)c1. The maximum absolute atomic E-state index is 13.1. The zero-order valence-corrected chi connectivity index (χ0v) is 20.7. The number of carbonyl (C=O) groups is 1. The van der Waals surface area contributed by atoms with Crippen molar-refractivity contribution in [1.82, 2.24) is 5.32 Å². The van der Waals surface area contributed by atoms with Gasteiger partial charge in [0.05, 0.1) is 13.2 Å². The number of aliphatic hydroxyl groups is 1. The minimum Gasteiger partial charge on any atom is -0.392 e. The predicted octanol–water partition coefficient (Wildman–Crippen LogP) is 6.18. The molecule has 0 spiro atoms. The van der Waals surface area contributed by atoms with Crippen LogP contribution in [-0.4, -0.2) is 16.1 Å². The summed E-state index contributed by atoms with van der Waals surface area (Å²) in [6.07, 6.45) is 0. The fraction of sp³-hybridized carbons (Fsp3) is 0.133. The Kier molecular flexibility index (Phi) is 7.70. The van der Waals surface area contributed by atoms with Crippen molar-refractivity contribution in [2.75, 3.05) is 4.90 Å². The van der Waals surface area contributed by atoms with Gasteiger partial charge in [0.25, 0.3) is 5.91 Å². The van der Waals surface area contributed by atoms with Crippen LogP contribution < -0.4 is 10.2 Å². The van der Waals surface area contributed by atoms with Crippen LogP contribution in [0.25, 0.3) is 11.1 Å². The molecule has 4 nitrogen and oxygen atoms in total. The molecule has 0 saturated heterocycles. The number of nitrogens with one attached hydrogen (secondary N) is 1. The molecule has 5 heteroatoms. The van der Waals surface area contributed by atoms with Crippen LogP contribution >= 0.6 is 12.2 Å². The van der Waals surface area contributed by atoms with Crippen LogP contribution in [0.15, 0.2) is 97.1 Å². The third-order valence-electron chi connectivity index (χ3n) is 5.99. The van der Waals surface area contributed by atoms with Crippen LogP contribution in [0.5, 0.6) is 0 Å². The van der Waals surface area contributed by atoms with Crippen molar-refractivity contribution in [3.05, 3.63) is 125 Å². The van der Waals surface area contributed by atoms with Gasteiger partial charge in [-0.25, -0.2) is 0 Å². The maximum atomic E-state index is 13.1. The first-order chi connectivity index (χ1) is 17.0. The van der Waals surface area contributed by atoms with Crippen molar-refractivity contribution in [2.45, 2.75) is 27.0 Å². The lowest BCUT2D eigenvalue weighted by molar-refractivity contribution is 0.0977. The van der Waals surface area contributed by atoms with Crippen LogP contribution in [0.3, 0.4) is 0 Å². The number of carbonyl (C=O) groups excluding carboxylic acids is 1. The summed E-state index contributed by atoms with van der Waals surface area (Å²) in [5.41, 5.74) is 7.50. The van der Waals surface area contributed by atoms with Gasteiger partial charge >= 0.3 is 0 Å². The highest BCUT2D eigenvalue weighted by Crippen LogP contribution is 2.25. The van der Waals surface area contributed by atoms with E-state index in [4.69, 9.17) is 12.2 Å². The first-order valence-corrected chi connectivity index (χ1v) is 11.9. The lowest BCUT2D eigenvalue weighted by atomic mass is 10.0. The first-order valence-electron chi connectivity index (χ1n) is 11.5. The molecular weight excluding hydrogens is 452 g/mol. The Hall–Kier alpha value is -3.80. The van der Waals surface area contributed by atoms with E-state index in [1.165, 1.54) is 0 Å². The van der Waals surface area contributed by atoms with Crippen molar-refractivity contribution in [2.24, 2.45) is 0 Å². The van der Waals surface area contributed by atoms with Gasteiger partial charge in [0, 0.05) is 11.3 Å². The lowest BCUT2D eigenvalue weighted by Gasteiger charge is -2.28. The number of thiocarbonyl (C=S) groups is 1. The van der Waals surface area contributed by atoms with Crippen LogP contribution in [0.2, 0.25) is 0 Å². The quantitative estimate of drug-likeness (QED) is 0.323. The van der Waals surface area contributed by atoms with Crippen LogP contribution in [-0.2, 0) is 13.2 Å². The summed E-state index contributed by atoms with van der Waals surface area (Å²) in [4.78, 5) is 15.0. The topological polar surface area (TPSA) is 52.6 Å². The average Bonchev–Trinajstić information content (AvgIpc) is 2.89. The minimum atomic E-state index is -0.264. The molecule has 4 rings (SSSR count). The second kappa shape index (κ2) is 11.1. The molecule has 0 unspecified atom stereocenters. The van der Waals surface area contributed by atoms with Crippen molar-refractivity contribution in [3.8, 4) is 11.1 Å². The number of anilines is 1. The van der Waals surface area contributed by atoms with Gasteiger partial charge in [-0.05, 0) is 77.6 Å². The third kappa shape index (κ3) is 5.83. The molecule has 2 N–H and O–H groups in total. The summed E-state index contributed by atoms with van der Waals surface area (Å²) in [6, 6.07) is 31.4. The fourth-order valence-electron chi connectivity index (χ4n) is 3.99. The van der Waals surface area contributed by atoms with E-state index in [2.05, 4.69) is 17.4 Å². The van der Waals surface area contributed by atoms with Gasteiger partial charge in [-0.15, -0.1) is 0 Å². The van der Waals surface area contributed by atoms with Gasteiger partial charge in [0.2, 0.25) is 0 Å². The number of amides is 1. The van der Waals surface area contributed by atoms with Crippen LogP contribution in [0, 0.1) is 13.8 Å². The first kappa shape index (κ1) is 24.3. The summed E-state index contributed by atoms with van der Waals surface area (Å²) in [6.45, 7) is 4.40. The molecule has 0 aliphatic heterocycles. The summed E-state index contributed by atoms with van der Waals surface area (Å²) in [5.74, 6) is -0.264. The Bertz CT molecular complexity index is 1330. The molecular formula is C30H28N2O2S. The number of hydrogen-bond donors (Lipinski definition) is 2. The van der Waals surface area contributed by atoms with E-state index in [1.54, 1.807) is 0 Å². The number of nitrogens with zero attached hydrogens (tertiary/aromatic N) is 1.